The van der Waals surface area contributed by atoms with Gasteiger partial charge in [0.1, 0.15) is 5.82 Å². The van der Waals surface area contributed by atoms with Crippen LogP contribution >= 0.6 is 34.7 Å². The predicted molar refractivity (Wildman–Crippen MR) is 122 cm³/mol. The fourth-order valence-electron chi connectivity index (χ4n) is 2.95. The maximum atomic E-state index is 13.2. The highest BCUT2D eigenvalue weighted by Gasteiger charge is 2.21. The van der Waals surface area contributed by atoms with Gasteiger partial charge in [-0.1, -0.05) is 22.9 Å². The topological polar surface area (TPSA) is 46.1 Å². The van der Waals surface area contributed by atoms with Gasteiger partial charge in [0, 0.05) is 22.3 Å². The van der Waals surface area contributed by atoms with Gasteiger partial charge < -0.3 is 0 Å². The van der Waals surface area contributed by atoms with E-state index in [-0.39, 0.29) is 17.5 Å². The maximum Gasteiger partial charge on any atom is 0.239 e. The number of thioether (sulfide) groups is 1. The van der Waals surface area contributed by atoms with E-state index < -0.39 is 0 Å². The van der Waals surface area contributed by atoms with E-state index in [1.165, 1.54) is 35.2 Å². The minimum atomic E-state index is -0.298. The van der Waals surface area contributed by atoms with Gasteiger partial charge in [0.15, 0.2) is 5.13 Å². The quantitative estimate of drug-likeness (QED) is 0.327. The van der Waals surface area contributed by atoms with Crippen LogP contribution in [0.3, 0.4) is 0 Å². The molecule has 8 heteroatoms. The molecule has 0 aliphatic heterocycles. The van der Waals surface area contributed by atoms with Crippen molar-refractivity contribution in [1.29, 1.82) is 0 Å². The molecule has 0 fully saturated rings. The number of amides is 1. The van der Waals surface area contributed by atoms with Crippen LogP contribution in [0.4, 0.5) is 9.52 Å². The molecule has 2 heterocycles. The van der Waals surface area contributed by atoms with Crippen molar-refractivity contribution >= 4 is 56.0 Å². The van der Waals surface area contributed by atoms with E-state index in [0.717, 1.165) is 26.2 Å². The number of pyridine rings is 1. The van der Waals surface area contributed by atoms with Crippen LogP contribution in [0.15, 0.2) is 65.8 Å². The lowest BCUT2D eigenvalue weighted by atomic mass is 10.2. The molecule has 0 N–H and O–H groups in total. The van der Waals surface area contributed by atoms with Crippen molar-refractivity contribution in [2.45, 2.75) is 18.4 Å². The summed E-state index contributed by atoms with van der Waals surface area (Å²) in [6.07, 6.45) is 3.40. The van der Waals surface area contributed by atoms with Crippen LogP contribution in [-0.2, 0) is 11.3 Å². The molecular formula is C22H17ClFN3OS2. The minimum Gasteiger partial charge on any atom is -0.283 e. The molecule has 1 amide bonds. The average Bonchev–Trinajstić information content (AvgIpc) is 3.16. The molecule has 0 saturated heterocycles. The van der Waals surface area contributed by atoms with Crippen molar-refractivity contribution < 1.29 is 9.18 Å². The number of benzene rings is 2. The maximum absolute atomic E-state index is 13.2. The highest BCUT2D eigenvalue weighted by molar-refractivity contribution is 8.00. The molecule has 0 aliphatic carbocycles. The number of halogens is 2. The number of rotatable bonds is 6. The van der Waals surface area contributed by atoms with Crippen LogP contribution in [0.2, 0.25) is 5.02 Å². The molecular weight excluding hydrogens is 441 g/mol. The Balaban J connectivity index is 1.63. The van der Waals surface area contributed by atoms with Crippen molar-refractivity contribution in [3.8, 4) is 0 Å². The number of carbonyl (C=O) groups is 1. The van der Waals surface area contributed by atoms with Gasteiger partial charge in [-0.25, -0.2) is 9.37 Å². The van der Waals surface area contributed by atoms with E-state index in [9.17, 15) is 9.18 Å². The first-order valence-electron chi connectivity index (χ1n) is 9.14. The molecule has 0 unspecified atom stereocenters. The summed E-state index contributed by atoms with van der Waals surface area (Å²) in [5, 5.41) is 1.27. The summed E-state index contributed by atoms with van der Waals surface area (Å²) in [5.41, 5.74) is 2.77. The average molecular weight is 458 g/mol. The standard InChI is InChI=1S/C22H17ClFN3OS2/c1-14-10-16(23)11-19-21(14)26-22(30-19)27(12-15-6-8-25-9-7-15)20(28)13-29-18-4-2-17(24)3-5-18/h2-11H,12-13H2,1H3. The van der Waals surface area contributed by atoms with Gasteiger partial charge in [0.2, 0.25) is 5.91 Å². The summed E-state index contributed by atoms with van der Waals surface area (Å²) < 4.78 is 14.1. The van der Waals surface area contributed by atoms with Crippen LogP contribution in [-0.4, -0.2) is 21.6 Å². The molecule has 152 valence electrons. The number of aromatic nitrogens is 2. The van der Waals surface area contributed by atoms with E-state index in [1.54, 1.807) is 29.4 Å². The third-order valence-corrected chi connectivity index (χ3v) is 6.68. The van der Waals surface area contributed by atoms with Gasteiger partial charge in [0.05, 0.1) is 22.5 Å². The van der Waals surface area contributed by atoms with Crippen LogP contribution < -0.4 is 4.90 Å². The Labute approximate surface area is 186 Å². The zero-order chi connectivity index (χ0) is 21.1. The zero-order valence-electron chi connectivity index (χ0n) is 16.0. The largest absolute Gasteiger partial charge is 0.283 e. The molecule has 4 aromatic rings. The number of nitrogens with zero attached hydrogens (tertiary/aromatic N) is 3. The Hall–Kier alpha value is -2.48. The molecule has 0 saturated carbocycles. The fraction of sp³-hybridized carbons (Fsp3) is 0.136. The van der Waals surface area contributed by atoms with Crippen molar-refractivity contribution in [2.24, 2.45) is 0 Å². The van der Waals surface area contributed by atoms with E-state index >= 15 is 0 Å². The predicted octanol–water partition coefficient (Wildman–Crippen LogP) is 6.12. The van der Waals surface area contributed by atoms with Crippen LogP contribution in [0.25, 0.3) is 10.2 Å². The minimum absolute atomic E-state index is 0.0797. The lowest BCUT2D eigenvalue weighted by Crippen LogP contribution is -2.31. The Bertz CT molecular complexity index is 1180. The molecule has 4 nitrogen and oxygen atoms in total. The van der Waals surface area contributed by atoms with E-state index in [0.29, 0.717) is 16.7 Å². The van der Waals surface area contributed by atoms with Gasteiger partial charge in [-0.3, -0.25) is 14.7 Å². The second-order valence-corrected chi connectivity index (χ2v) is 9.14. The fourth-order valence-corrected chi connectivity index (χ4v) is 5.16. The SMILES string of the molecule is Cc1cc(Cl)cc2sc(N(Cc3ccncc3)C(=O)CSc3ccc(F)cc3)nc12. The van der Waals surface area contributed by atoms with Crippen molar-refractivity contribution in [2.75, 3.05) is 10.7 Å². The number of carbonyl (C=O) groups excluding carboxylic acids is 1. The van der Waals surface area contributed by atoms with Gasteiger partial charge in [-0.2, -0.15) is 0 Å². The normalized spacial score (nSPS) is 11.0. The Morgan fingerprint density at radius 1 is 1.17 bits per heavy atom. The van der Waals surface area contributed by atoms with Crippen molar-refractivity contribution in [3.05, 3.63) is 82.9 Å². The van der Waals surface area contributed by atoms with Crippen LogP contribution in [0.1, 0.15) is 11.1 Å². The van der Waals surface area contributed by atoms with Gasteiger partial charge in [-0.15, -0.1) is 11.8 Å². The van der Waals surface area contributed by atoms with Crippen molar-refractivity contribution in [3.63, 3.8) is 0 Å². The highest BCUT2D eigenvalue weighted by atomic mass is 35.5. The van der Waals surface area contributed by atoms with Gasteiger partial charge in [-0.05, 0) is 66.6 Å². The lowest BCUT2D eigenvalue weighted by Gasteiger charge is -2.20. The first-order chi connectivity index (χ1) is 14.5. The Morgan fingerprint density at radius 2 is 1.90 bits per heavy atom. The number of fused-ring (bicyclic) bond motifs is 1. The molecule has 30 heavy (non-hydrogen) atoms. The van der Waals surface area contributed by atoms with Gasteiger partial charge in [0.25, 0.3) is 0 Å². The summed E-state index contributed by atoms with van der Waals surface area (Å²) in [6.45, 7) is 2.34. The first kappa shape index (κ1) is 20.8. The lowest BCUT2D eigenvalue weighted by molar-refractivity contribution is -0.116. The number of thiazole rings is 1. The number of hydrogen-bond donors (Lipinski definition) is 0. The number of anilines is 1. The van der Waals surface area contributed by atoms with Crippen LogP contribution in [0, 0.1) is 12.7 Å². The summed E-state index contributed by atoms with van der Waals surface area (Å²) in [7, 11) is 0. The Morgan fingerprint density at radius 3 is 2.63 bits per heavy atom. The second kappa shape index (κ2) is 9.12. The second-order valence-electron chi connectivity index (χ2n) is 6.64. The zero-order valence-corrected chi connectivity index (χ0v) is 18.4. The summed E-state index contributed by atoms with van der Waals surface area (Å²) in [5.74, 6) is -0.163. The summed E-state index contributed by atoms with van der Waals surface area (Å²) in [4.78, 5) is 24.5. The molecule has 2 aromatic heterocycles. The molecule has 4 rings (SSSR count). The Kier molecular flexibility index (Phi) is 6.32. The van der Waals surface area contributed by atoms with E-state index in [1.807, 2.05) is 31.2 Å². The molecule has 2 aromatic carbocycles. The third kappa shape index (κ3) is 4.80. The smallest absolute Gasteiger partial charge is 0.239 e. The number of hydrogen-bond acceptors (Lipinski definition) is 5. The van der Waals surface area contributed by atoms with Crippen LogP contribution in [0.5, 0.6) is 0 Å². The number of aryl methyl sites for hydroxylation is 1. The molecule has 0 atom stereocenters. The monoisotopic (exact) mass is 457 g/mol. The van der Waals surface area contributed by atoms with Gasteiger partial charge >= 0.3 is 0 Å². The summed E-state index contributed by atoms with van der Waals surface area (Å²) in [6, 6.07) is 13.6. The van der Waals surface area contributed by atoms with E-state index in [2.05, 4.69) is 4.98 Å². The third-order valence-electron chi connectivity index (χ3n) is 4.44. The molecule has 0 spiro atoms. The molecule has 0 aliphatic rings. The first-order valence-corrected chi connectivity index (χ1v) is 11.3. The summed E-state index contributed by atoms with van der Waals surface area (Å²) >= 11 is 9.00. The highest BCUT2D eigenvalue weighted by Crippen LogP contribution is 2.34. The van der Waals surface area contributed by atoms with Crippen molar-refractivity contribution in [1.82, 2.24) is 9.97 Å². The van der Waals surface area contributed by atoms with E-state index in [4.69, 9.17) is 16.6 Å². The molecule has 0 bridgehead atoms. The molecule has 0 radical (unpaired) electrons.